The summed E-state index contributed by atoms with van der Waals surface area (Å²) < 4.78 is 0. The minimum absolute atomic E-state index is 0.0524. The van der Waals surface area contributed by atoms with Gasteiger partial charge in [-0.15, -0.1) is 0 Å². The first-order chi connectivity index (χ1) is 10.3. The molecule has 1 aliphatic heterocycles. The largest absolute Gasteiger partial charge is 0.333 e. The summed E-state index contributed by atoms with van der Waals surface area (Å²) in [6, 6.07) is 7.78. The van der Waals surface area contributed by atoms with E-state index in [0.29, 0.717) is 6.42 Å². The van der Waals surface area contributed by atoms with E-state index >= 15 is 0 Å². The van der Waals surface area contributed by atoms with Crippen molar-refractivity contribution in [3.63, 3.8) is 0 Å². The van der Waals surface area contributed by atoms with E-state index in [0.717, 1.165) is 30.8 Å². The zero-order valence-electron chi connectivity index (χ0n) is 11.8. The lowest BCUT2D eigenvalue weighted by atomic mass is 10.0. The molecule has 1 saturated heterocycles. The molecule has 1 fully saturated rings. The summed E-state index contributed by atoms with van der Waals surface area (Å²) in [6.07, 6.45) is 7.45. The minimum atomic E-state index is 0.0524. The van der Waals surface area contributed by atoms with Crippen molar-refractivity contribution in [1.29, 1.82) is 0 Å². The molecule has 3 heterocycles. The highest BCUT2D eigenvalue weighted by molar-refractivity contribution is 5.79. The molecule has 0 aliphatic carbocycles. The van der Waals surface area contributed by atoms with Crippen molar-refractivity contribution in [3.05, 3.63) is 60.2 Å². The van der Waals surface area contributed by atoms with E-state index in [1.54, 1.807) is 18.6 Å². The monoisotopic (exact) mass is 282 g/mol. The van der Waals surface area contributed by atoms with E-state index in [9.17, 15) is 4.79 Å². The van der Waals surface area contributed by atoms with Crippen LogP contribution in [0.25, 0.3) is 0 Å². The maximum atomic E-state index is 12.6. The summed E-state index contributed by atoms with van der Waals surface area (Å²) >= 11 is 0. The van der Waals surface area contributed by atoms with Gasteiger partial charge in [0.1, 0.15) is 0 Å². The molecule has 0 aromatic carbocycles. The predicted molar refractivity (Wildman–Crippen MR) is 79.5 cm³/mol. The second kappa shape index (κ2) is 6.45. The zero-order valence-corrected chi connectivity index (χ0v) is 11.8. The second-order valence-corrected chi connectivity index (χ2v) is 5.13. The van der Waals surface area contributed by atoms with Gasteiger partial charge in [0.2, 0.25) is 5.91 Å². The lowest BCUT2D eigenvalue weighted by molar-refractivity contribution is -0.133. The molecule has 2 aromatic rings. The van der Waals surface area contributed by atoms with Gasteiger partial charge in [-0.3, -0.25) is 14.8 Å². The summed E-state index contributed by atoms with van der Waals surface area (Å²) in [7, 11) is 0. The van der Waals surface area contributed by atoms with Gasteiger partial charge in [-0.25, -0.2) is 0 Å². The normalized spacial score (nSPS) is 18.5. The van der Waals surface area contributed by atoms with Crippen LogP contribution in [0.1, 0.15) is 17.2 Å². The highest BCUT2D eigenvalue weighted by Crippen LogP contribution is 2.22. The van der Waals surface area contributed by atoms with E-state index in [2.05, 4.69) is 15.3 Å². The van der Waals surface area contributed by atoms with Gasteiger partial charge >= 0.3 is 0 Å². The molecule has 1 amide bonds. The van der Waals surface area contributed by atoms with Crippen molar-refractivity contribution in [2.75, 3.05) is 19.6 Å². The van der Waals surface area contributed by atoms with Crippen molar-refractivity contribution in [3.8, 4) is 0 Å². The van der Waals surface area contributed by atoms with E-state index in [-0.39, 0.29) is 11.9 Å². The Labute approximate surface area is 124 Å². The standard InChI is InChI=1S/C16H18N4O/c21-16(9-13-3-1-5-17-10-13)20-8-7-19-12-15(20)14-4-2-6-18-11-14/h1-6,10-11,15,19H,7-9,12H2. The topological polar surface area (TPSA) is 58.1 Å². The first-order valence-electron chi connectivity index (χ1n) is 7.13. The Kier molecular flexibility index (Phi) is 4.21. The fourth-order valence-corrected chi connectivity index (χ4v) is 2.65. The number of nitrogens with zero attached hydrogens (tertiary/aromatic N) is 3. The molecule has 0 saturated carbocycles. The van der Waals surface area contributed by atoms with Crippen LogP contribution < -0.4 is 5.32 Å². The molecule has 1 unspecified atom stereocenters. The number of pyridine rings is 2. The van der Waals surface area contributed by atoms with Gasteiger partial charge in [0.05, 0.1) is 12.5 Å². The average Bonchev–Trinajstić information content (AvgIpc) is 2.56. The van der Waals surface area contributed by atoms with Crippen LogP contribution in [0.3, 0.4) is 0 Å². The highest BCUT2D eigenvalue weighted by Gasteiger charge is 2.27. The Balaban J connectivity index is 1.76. The third kappa shape index (κ3) is 3.25. The molecule has 108 valence electrons. The summed E-state index contributed by atoms with van der Waals surface area (Å²) in [5.41, 5.74) is 2.02. The Bertz CT molecular complexity index is 588. The van der Waals surface area contributed by atoms with E-state index in [4.69, 9.17) is 0 Å². The summed E-state index contributed by atoms with van der Waals surface area (Å²) in [5.74, 6) is 0.137. The molecular formula is C16H18N4O. The molecule has 0 spiro atoms. The fraction of sp³-hybridized carbons (Fsp3) is 0.312. The number of carbonyl (C=O) groups is 1. The molecule has 1 atom stereocenters. The molecule has 1 aliphatic rings. The van der Waals surface area contributed by atoms with Gasteiger partial charge in [0.25, 0.3) is 0 Å². The Morgan fingerprint density at radius 1 is 1.24 bits per heavy atom. The third-order valence-electron chi connectivity index (χ3n) is 3.71. The van der Waals surface area contributed by atoms with Crippen LogP contribution in [0.2, 0.25) is 0 Å². The van der Waals surface area contributed by atoms with Crippen molar-refractivity contribution in [2.45, 2.75) is 12.5 Å². The van der Waals surface area contributed by atoms with E-state index in [1.807, 2.05) is 35.4 Å². The predicted octanol–water partition coefficient (Wildman–Crippen LogP) is 1.19. The van der Waals surface area contributed by atoms with Crippen molar-refractivity contribution < 1.29 is 4.79 Å². The molecule has 3 rings (SSSR count). The quantitative estimate of drug-likeness (QED) is 0.919. The molecule has 2 aromatic heterocycles. The van der Waals surface area contributed by atoms with Crippen LogP contribution in [0.5, 0.6) is 0 Å². The Morgan fingerprint density at radius 3 is 2.76 bits per heavy atom. The first-order valence-corrected chi connectivity index (χ1v) is 7.13. The molecule has 21 heavy (non-hydrogen) atoms. The molecule has 0 radical (unpaired) electrons. The van der Waals surface area contributed by atoms with E-state index < -0.39 is 0 Å². The maximum Gasteiger partial charge on any atom is 0.227 e. The van der Waals surface area contributed by atoms with Crippen molar-refractivity contribution in [1.82, 2.24) is 20.2 Å². The number of rotatable bonds is 3. The number of hydrogen-bond donors (Lipinski definition) is 1. The Morgan fingerprint density at radius 2 is 2.05 bits per heavy atom. The SMILES string of the molecule is O=C(Cc1cccnc1)N1CCNCC1c1cccnc1. The van der Waals surface area contributed by atoms with Gasteiger partial charge < -0.3 is 10.2 Å². The van der Waals surface area contributed by atoms with Crippen molar-refractivity contribution >= 4 is 5.91 Å². The number of amides is 1. The molecule has 0 bridgehead atoms. The average molecular weight is 282 g/mol. The number of hydrogen-bond acceptors (Lipinski definition) is 4. The molecular weight excluding hydrogens is 264 g/mol. The van der Waals surface area contributed by atoms with Crippen LogP contribution >= 0.6 is 0 Å². The fourth-order valence-electron chi connectivity index (χ4n) is 2.65. The van der Waals surface area contributed by atoms with Gasteiger partial charge in [-0.2, -0.15) is 0 Å². The second-order valence-electron chi connectivity index (χ2n) is 5.13. The smallest absolute Gasteiger partial charge is 0.227 e. The zero-order chi connectivity index (χ0) is 14.5. The van der Waals surface area contributed by atoms with Crippen molar-refractivity contribution in [2.24, 2.45) is 0 Å². The van der Waals surface area contributed by atoms with Gasteiger partial charge in [-0.1, -0.05) is 12.1 Å². The summed E-state index contributed by atoms with van der Waals surface area (Å²) in [4.78, 5) is 22.8. The number of nitrogens with one attached hydrogen (secondary N) is 1. The maximum absolute atomic E-state index is 12.6. The van der Waals surface area contributed by atoms with Crippen LogP contribution in [0, 0.1) is 0 Å². The number of carbonyl (C=O) groups excluding carboxylic acids is 1. The minimum Gasteiger partial charge on any atom is -0.333 e. The number of aromatic nitrogens is 2. The summed E-state index contributed by atoms with van der Waals surface area (Å²) in [5, 5.41) is 3.35. The third-order valence-corrected chi connectivity index (χ3v) is 3.71. The van der Waals surface area contributed by atoms with Crippen LogP contribution in [0.4, 0.5) is 0 Å². The van der Waals surface area contributed by atoms with Crippen LogP contribution in [-0.2, 0) is 11.2 Å². The molecule has 5 heteroatoms. The van der Waals surface area contributed by atoms with Crippen LogP contribution in [-0.4, -0.2) is 40.4 Å². The van der Waals surface area contributed by atoms with Crippen LogP contribution in [0.15, 0.2) is 49.1 Å². The summed E-state index contributed by atoms with van der Waals surface area (Å²) in [6.45, 7) is 2.32. The molecule has 1 N–H and O–H groups in total. The Hall–Kier alpha value is -2.27. The lowest BCUT2D eigenvalue weighted by Crippen LogP contribution is -2.49. The van der Waals surface area contributed by atoms with Gasteiger partial charge in [0.15, 0.2) is 0 Å². The van der Waals surface area contributed by atoms with E-state index in [1.165, 1.54) is 0 Å². The van der Waals surface area contributed by atoms with Gasteiger partial charge in [-0.05, 0) is 23.3 Å². The number of piperazine rings is 1. The highest BCUT2D eigenvalue weighted by atomic mass is 16.2. The first kappa shape index (κ1) is 13.7. The molecule has 5 nitrogen and oxygen atoms in total. The lowest BCUT2D eigenvalue weighted by Gasteiger charge is -2.36. The van der Waals surface area contributed by atoms with Gasteiger partial charge in [0, 0.05) is 44.4 Å².